The molecule has 2 heterocycles. The summed E-state index contributed by atoms with van der Waals surface area (Å²) in [6.07, 6.45) is 1.57. The van der Waals surface area contributed by atoms with E-state index in [-0.39, 0.29) is 5.82 Å². The summed E-state index contributed by atoms with van der Waals surface area (Å²) in [5, 5.41) is 3.86. The fourth-order valence-electron chi connectivity index (χ4n) is 2.40. The quantitative estimate of drug-likeness (QED) is 0.353. The number of thioether (sulfide) groups is 1. The van der Waals surface area contributed by atoms with Crippen LogP contribution in [-0.2, 0) is 0 Å². The fraction of sp³-hybridized carbons (Fsp3) is 0.235. The lowest BCUT2D eigenvalue weighted by Crippen LogP contribution is -2.26. The van der Waals surface area contributed by atoms with Crippen molar-refractivity contribution < 1.29 is 4.39 Å². The number of thiocarbonyl (C=S) groups is 1. The van der Waals surface area contributed by atoms with Crippen LogP contribution in [0, 0.1) is 5.82 Å². The van der Waals surface area contributed by atoms with Gasteiger partial charge in [-0.05, 0) is 43.3 Å². The molecular weight excluding hydrogens is 361 g/mol. The smallest absolute Gasteiger partial charge is 0.142 e. The van der Waals surface area contributed by atoms with E-state index in [1.807, 2.05) is 5.38 Å². The number of hydrogen-bond donors (Lipinski definition) is 0. The molecule has 0 radical (unpaired) electrons. The minimum Gasteiger partial charge on any atom is -0.358 e. The first-order chi connectivity index (χ1) is 11.6. The summed E-state index contributed by atoms with van der Waals surface area (Å²) in [5.74, 6) is -0.244. The SMILES string of the molecule is CCN(CC)C(=S)Sc1ncnc2scc(-c3ccc(F)cc3)c12. The summed E-state index contributed by atoms with van der Waals surface area (Å²) in [4.78, 5) is 11.8. The highest BCUT2D eigenvalue weighted by atomic mass is 32.2. The van der Waals surface area contributed by atoms with Crippen LogP contribution in [0.1, 0.15) is 13.8 Å². The van der Waals surface area contributed by atoms with E-state index < -0.39 is 0 Å². The second-order valence-corrected chi connectivity index (χ2v) is 7.54. The Bertz CT molecular complexity index is 857. The van der Waals surface area contributed by atoms with Crippen LogP contribution in [0.15, 0.2) is 41.0 Å². The van der Waals surface area contributed by atoms with E-state index in [4.69, 9.17) is 12.2 Å². The van der Waals surface area contributed by atoms with E-state index in [0.29, 0.717) is 0 Å². The van der Waals surface area contributed by atoms with Crippen LogP contribution in [0.3, 0.4) is 0 Å². The molecule has 0 saturated heterocycles. The van der Waals surface area contributed by atoms with E-state index in [2.05, 4.69) is 28.7 Å². The van der Waals surface area contributed by atoms with Crippen LogP contribution in [-0.4, -0.2) is 32.3 Å². The monoisotopic (exact) mass is 377 g/mol. The first kappa shape index (κ1) is 17.3. The van der Waals surface area contributed by atoms with Crippen molar-refractivity contribution in [1.29, 1.82) is 0 Å². The van der Waals surface area contributed by atoms with Gasteiger partial charge in [0, 0.05) is 24.0 Å². The van der Waals surface area contributed by atoms with Gasteiger partial charge in [-0.1, -0.05) is 24.4 Å². The van der Waals surface area contributed by atoms with Crippen molar-refractivity contribution in [2.45, 2.75) is 18.9 Å². The minimum atomic E-state index is -0.244. The molecule has 3 nitrogen and oxygen atoms in total. The fourth-order valence-corrected chi connectivity index (χ4v) is 4.83. The number of hydrogen-bond acceptors (Lipinski definition) is 5. The Balaban J connectivity index is 2.04. The summed E-state index contributed by atoms with van der Waals surface area (Å²) in [7, 11) is 0. The molecule has 0 bridgehead atoms. The molecular formula is C17H16FN3S3. The average molecular weight is 378 g/mol. The third-order valence-corrected chi connectivity index (χ3v) is 6.03. The van der Waals surface area contributed by atoms with E-state index >= 15 is 0 Å². The summed E-state index contributed by atoms with van der Waals surface area (Å²) in [6, 6.07) is 6.49. The number of benzene rings is 1. The highest BCUT2D eigenvalue weighted by Gasteiger charge is 2.16. The number of nitrogens with zero attached hydrogens (tertiary/aromatic N) is 3. The van der Waals surface area contributed by atoms with Crippen LogP contribution in [0.2, 0.25) is 0 Å². The molecule has 0 atom stereocenters. The van der Waals surface area contributed by atoms with Crippen molar-refractivity contribution in [1.82, 2.24) is 14.9 Å². The summed E-state index contributed by atoms with van der Waals surface area (Å²) >= 11 is 8.60. The number of aromatic nitrogens is 2. The third kappa shape index (κ3) is 3.43. The van der Waals surface area contributed by atoms with Gasteiger partial charge in [0.05, 0.1) is 5.39 Å². The van der Waals surface area contributed by atoms with Gasteiger partial charge in [-0.2, -0.15) is 0 Å². The van der Waals surface area contributed by atoms with Gasteiger partial charge in [-0.3, -0.25) is 0 Å². The normalized spacial score (nSPS) is 11.0. The zero-order valence-electron chi connectivity index (χ0n) is 13.3. The lowest BCUT2D eigenvalue weighted by molar-refractivity contribution is 0.482. The summed E-state index contributed by atoms with van der Waals surface area (Å²) in [5.41, 5.74) is 1.97. The molecule has 3 rings (SSSR count). The Morgan fingerprint density at radius 3 is 2.58 bits per heavy atom. The van der Waals surface area contributed by atoms with Crippen molar-refractivity contribution in [2.24, 2.45) is 0 Å². The zero-order chi connectivity index (χ0) is 17.1. The Morgan fingerprint density at radius 1 is 1.21 bits per heavy atom. The zero-order valence-corrected chi connectivity index (χ0v) is 15.8. The molecule has 2 aromatic heterocycles. The van der Waals surface area contributed by atoms with Gasteiger partial charge in [0.25, 0.3) is 0 Å². The topological polar surface area (TPSA) is 29.0 Å². The second-order valence-electron chi connectivity index (χ2n) is 5.06. The maximum absolute atomic E-state index is 13.2. The molecule has 0 amide bonds. The largest absolute Gasteiger partial charge is 0.358 e. The van der Waals surface area contributed by atoms with Gasteiger partial charge in [-0.25, -0.2) is 14.4 Å². The Hall–Kier alpha value is -1.57. The molecule has 0 fully saturated rings. The number of rotatable bonds is 4. The van der Waals surface area contributed by atoms with E-state index in [0.717, 1.165) is 43.8 Å². The molecule has 0 unspecified atom stereocenters. The van der Waals surface area contributed by atoms with Crippen LogP contribution in [0.4, 0.5) is 4.39 Å². The first-order valence-electron chi connectivity index (χ1n) is 7.59. The maximum atomic E-state index is 13.2. The van der Waals surface area contributed by atoms with Gasteiger partial charge >= 0.3 is 0 Å². The summed E-state index contributed by atoms with van der Waals surface area (Å²) in [6.45, 7) is 5.90. The average Bonchev–Trinajstić information content (AvgIpc) is 3.02. The predicted octanol–water partition coefficient (Wildman–Crippen LogP) is 5.22. The predicted molar refractivity (Wildman–Crippen MR) is 104 cm³/mol. The lowest BCUT2D eigenvalue weighted by Gasteiger charge is -2.20. The molecule has 124 valence electrons. The van der Waals surface area contributed by atoms with Crippen LogP contribution in [0.25, 0.3) is 21.3 Å². The summed E-state index contributed by atoms with van der Waals surface area (Å²) < 4.78 is 14.0. The van der Waals surface area contributed by atoms with Gasteiger partial charge in [0.2, 0.25) is 0 Å². The lowest BCUT2D eigenvalue weighted by atomic mass is 10.1. The highest BCUT2D eigenvalue weighted by Crippen LogP contribution is 2.38. The molecule has 0 spiro atoms. The van der Waals surface area contributed by atoms with Crippen molar-refractivity contribution in [3.05, 3.63) is 41.8 Å². The van der Waals surface area contributed by atoms with Gasteiger partial charge in [0.15, 0.2) is 0 Å². The minimum absolute atomic E-state index is 0.244. The van der Waals surface area contributed by atoms with Crippen molar-refractivity contribution >= 4 is 49.9 Å². The standard InChI is InChI=1S/C17H16FN3S3/c1-3-21(4-2)17(22)24-16-14-13(9-23-15(14)19-10-20-16)11-5-7-12(18)8-6-11/h5-10H,3-4H2,1-2H3. The van der Waals surface area contributed by atoms with Crippen LogP contribution in [0.5, 0.6) is 0 Å². The van der Waals surface area contributed by atoms with Crippen LogP contribution < -0.4 is 0 Å². The molecule has 1 aromatic carbocycles. The second kappa shape index (κ2) is 7.55. The molecule has 0 aliphatic heterocycles. The van der Waals surface area contributed by atoms with Crippen molar-refractivity contribution in [2.75, 3.05) is 13.1 Å². The third-order valence-electron chi connectivity index (χ3n) is 3.70. The Kier molecular flexibility index (Phi) is 5.43. The molecule has 3 aromatic rings. The van der Waals surface area contributed by atoms with Gasteiger partial charge in [0.1, 0.15) is 26.3 Å². The molecule has 0 aliphatic carbocycles. The number of fused-ring (bicyclic) bond motifs is 1. The van der Waals surface area contributed by atoms with Crippen molar-refractivity contribution in [3.8, 4) is 11.1 Å². The number of thiophene rings is 1. The first-order valence-corrected chi connectivity index (χ1v) is 9.69. The Labute approximate surface area is 153 Å². The van der Waals surface area contributed by atoms with Gasteiger partial charge < -0.3 is 4.90 Å². The molecule has 0 saturated carbocycles. The molecule has 24 heavy (non-hydrogen) atoms. The highest BCUT2D eigenvalue weighted by molar-refractivity contribution is 8.23. The molecule has 7 heteroatoms. The van der Waals surface area contributed by atoms with Crippen LogP contribution >= 0.6 is 35.3 Å². The molecule has 0 N–H and O–H groups in total. The number of halogens is 1. The molecule has 0 aliphatic rings. The maximum Gasteiger partial charge on any atom is 0.142 e. The van der Waals surface area contributed by atoms with E-state index in [9.17, 15) is 4.39 Å². The van der Waals surface area contributed by atoms with Gasteiger partial charge in [-0.15, -0.1) is 11.3 Å². The van der Waals surface area contributed by atoms with E-state index in [1.54, 1.807) is 29.8 Å². The Morgan fingerprint density at radius 2 is 1.92 bits per heavy atom. The van der Waals surface area contributed by atoms with Crippen molar-refractivity contribution in [3.63, 3.8) is 0 Å². The van der Waals surface area contributed by atoms with E-state index in [1.165, 1.54) is 23.9 Å².